The molecule has 8 nitrogen and oxygen atoms in total. The van der Waals surface area contributed by atoms with Crippen molar-refractivity contribution in [2.45, 2.75) is 50.9 Å². The second kappa shape index (κ2) is 10.9. The average molecular weight is 532 g/mol. The molecule has 2 aliphatic rings. The van der Waals surface area contributed by atoms with Gasteiger partial charge in [0.15, 0.2) is 0 Å². The van der Waals surface area contributed by atoms with Crippen LogP contribution in [-0.2, 0) is 15.8 Å². The highest BCUT2D eigenvalue weighted by atomic mass is 19.4. The van der Waals surface area contributed by atoms with Crippen LogP contribution in [0.15, 0.2) is 54.6 Å². The molecule has 0 aliphatic carbocycles. The van der Waals surface area contributed by atoms with Crippen molar-refractivity contribution in [1.29, 1.82) is 0 Å². The average Bonchev–Trinajstić information content (AvgIpc) is 3.15. The predicted octanol–water partition coefficient (Wildman–Crippen LogP) is 4.29. The Bertz CT molecular complexity index is 1170. The fourth-order valence-corrected chi connectivity index (χ4v) is 5.03. The van der Waals surface area contributed by atoms with E-state index >= 15 is 0 Å². The molecule has 2 aromatic carbocycles. The SMILES string of the molecule is CC[C@H](C)NC(=O)CN1CN(c2ccccc2)C2(CCN(C(=O)Nc3ccccc3C(F)(F)F)CC2)C1=O. The van der Waals surface area contributed by atoms with E-state index in [2.05, 4.69) is 10.6 Å². The Labute approximate surface area is 219 Å². The van der Waals surface area contributed by atoms with Crippen molar-refractivity contribution < 1.29 is 27.6 Å². The molecule has 0 aromatic heterocycles. The van der Waals surface area contributed by atoms with Crippen LogP contribution >= 0.6 is 0 Å². The Morgan fingerprint density at radius 2 is 1.66 bits per heavy atom. The number of benzene rings is 2. The molecule has 38 heavy (non-hydrogen) atoms. The number of urea groups is 1. The lowest BCUT2D eigenvalue weighted by molar-refractivity contribution is -0.137. The van der Waals surface area contributed by atoms with Crippen LogP contribution < -0.4 is 15.5 Å². The van der Waals surface area contributed by atoms with Gasteiger partial charge in [-0.15, -0.1) is 0 Å². The number of hydrogen-bond donors (Lipinski definition) is 2. The first kappa shape index (κ1) is 27.3. The molecule has 2 N–H and O–H groups in total. The molecule has 2 aliphatic heterocycles. The first-order chi connectivity index (χ1) is 18.0. The fourth-order valence-electron chi connectivity index (χ4n) is 5.03. The van der Waals surface area contributed by atoms with Gasteiger partial charge >= 0.3 is 12.2 Å². The van der Waals surface area contributed by atoms with Gasteiger partial charge in [-0.3, -0.25) is 9.59 Å². The predicted molar refractivity (Wildman–Crippen MR) is 137 cm³/mol. The molecule has 11 heteroatoms. The lowest BCUT2D eigenvalue weighted by Crippen LogP contribution is -2.58. The maximum Gasteiger partial charge on any atom is 0.418 e. The number of para-hydroxylation sites is 2. The number of likely N-dealkylation sites (tertiary alicyclic amines) is 1. The van der Waals surface area contributed by atoms with Crippen molar-refractivity contribution in [2.75, 3.05) is 36.5 Å². The largest absolute Gasteiger partial charge is 0.418 e. The number of rotatable bonds is 6. The summed E-state index contributed by atoms with van der Waals surface area (Å²) in [5.74, 6) is -0.430. The highest BCUT2D eigenvalue weighted by molar-refractivity contribution is 5.97. The van der Waals surface area contributed by atoms with Gasteiger partial charge < -0.3 is 25.3 Å². The first-order valence-electron chi connectivity index (χ1n) is 12.7. The Kier molecular flexibility index (Phi) is 7.84. The van der Waals surface area contributed by atoms with Gasteiger partial charge in [0.05, 0.1) is 17.9 Å². The summed E-state index contributed by atoms with van der Waals surface area (Å²) in [5.41, 5.74) is -1.37. The molecule has 2 fully saturated rings. The van der Waals surface area contributed by atoms with Crippen LogP contribution in [0.3, 0.4) is 0 Å². The minimum Gasteiger partial charge on any atom is -0.352 e. The summed E-state index contributed by atoms with van der Waals surface area (Å²) < 4.78 is 40.1. The molecule has 2 heterocycles. The lowest BCUT2D eigenvalue weighted by atomic mass is 9.85. The van der Waals surface area contributed by atoms with E-state index in [1.165, 1.54) is 28.0 Å². The van der Waals surface area contributed by atoms with Crippen LogP contribution in [-0.4, -0.2) is 65.5 Å². The molecule has 4 amide bonds. The number of piperidine rings is 1. The van der Waals surface area contributed by atoms with E-state index in [0.717, 1.165) is 18.2 Å². The van der Waals surface area contributed by atoms with Gasteiger partial charge in [0.1, 0.15) is 12.1 Å². The minimum atomic E-state index is -4.60. The minimum absolute atomic E-state index is 0.0105. The third-order valence-corrected chi connectivity index (χ3v) is 7.29. The number of nitrogens with one attached hydrogen (secondary N) is 2. The van der Waals surface area contributed by atoms with Gasteiger partial charge in [-0.25, -0.2) is 4.79 Å². The molecule has 2 aromatic rings. The van der Waals surface area contributed by atoms with E-state index in [9.17, 15) is 27.6 Å². The zero-order valence-corrected chi connectivity index (χ0v) is 21.4. The van der Waals surface area contributed by atoms with Crippen LogP contribution in [0.2, 0.25) is 0 Å². The quantitative estimate of drug-likeness (QED) is 0.583. The van der Waals surface area contributed by atoms with Crippen molar-refractivity contribution in [3.63, 3.8) is 0 Å². The molecule has 4 rings (SSSR count). The topological polar surface area (TPSA) is 85.0 Å². The molecule has 1 atom stereocenters. The standard InChI is InChI=1S/C27H32F3N5O3/c1-3-19(2)31-23(36)17-34-18-35(20-9-5-4-6-10-20)26(24(34)37)13-15-33(16-14-26)25(38)32-22-12-8-7-11-21(22)27(28,29)30/h4-12,19H,3,13-18H2,1-2H3,(H,31,36)(H,32,38)/t19-/m0/s1. The Hall–Kier alpha value is -3.76. The molecular formula is C27H32F3N5O3. The first-order valence-corrected chi connectivity index (χ1v) is 12.7. The van der Waals surface area contributed by atoms with Crippen molar-refractivity contribution in [3.05, 3.63) is 60.2 Å². The highest BCUT2D eigenvalue weighted by Crippen LogP contribution is 2.40. The van der Waals surface area contributed by atoms with E-state index in [0.29, 0.717) is 0 Å². The van der Waals surface area contributed by atoms with Crippen LogP contribution in [0.1, 0.15) is 38.7 Å². The number of nitrogens with zero attached hydrogens (tertiary/aromatic N) is 3. The van der Waals surface area contributed by atoms with Crippen molar-refractivity contribution in [2.24, 2.45) is 0 Å². The maximum absolute atomic E-state index is 13.7. The van der Waals surface area contributed by atoms with E-state index in [1.807, 2.05) is 49.1 Å². The van der Waals surface area contributed by atoms with Gasteiger partial charge in [0, 0.05) is 24.8 Å². The van der Waals surface area contributed by atoms with Gasteiger partial charge in [-0.05, 0) is 50.5 Å². The van der Waals surface area contributed by atoms with Gasteiger partial charge in [-0.1, -0.05) is 37.3 Å². The Balaban J connectivity index is 1.50. The van der Waals surface area contributed by atoms with Gasteiger partial charge in [-0.2, -0.15) is 13.2 Å². The number of carbonyl (C=O) groups excluding carboxylic acids is 3. The normalized spacial score (nSPS) is 18.0. The van der Waals surface area contributed by atoms with Crippen LogP contribution in [0.4, 0.5) is 29.3 Å². The third kappa shape index (κ3) is 5.56. The number of hydrogen-bond acceptors (Lipinski definition) is 4. The smallest absolute Gasteiger partial charge is 0.352 e. The zero-order chi connectivity index (χ0) is 27.5. The van der Waals surface area contributed by atoms with Gasteiger partial charge in [0.25, 0.3) is 5.91 Å². The second-order valence-electron chi connectivity index (χ2n) is 9.78. The molecule has 1 spiro atoms. The number of carbonyl (C=O) groups is 3. The van der Waals surface area contributed by atoms with Crippen LogP contribution in [0.25, 0.3) is 0 Å². The lowest BCUT2D eigenvalue weighted by Gasteiger charge is -2.43. The molecule has 0 radical (unpaired) electrons. The van der Waals surface area contributed by atoms with Gasteiger partial charge in [0.2, 0.25) is 5.91 Å². The zero-order valence-electron chi connectivity index (χ0n) is 21.4. The summed E-state index contributed by atoms with van der Waals surface area (Å²) in [5, 5.41) is 5.27. The third-order valence-electron chi connectivity index (χ3n) is 7.29. The second-order valence-corrected chi connectivity index (χ2v) is 9.78. The maximum atomic E-state index is 13.7. The Morgan fingerprint density at radius 3 is 2.29 bits per heavy atom. The summed E-state index contributed by atoms with van der Waals surface area (Å²) in [6.45, 7) is 4.34. The summed E-state index contributed by atoms with van der Waals surface area (Å²) >= 11 is 0. The van der Waals surface area contributed by atoms with Crippen molar-refractivity contribution in [1.82, 2.24) is 15.1 Å². The highest BCUT2D eigenvalue weighted by Gasteiger charge is 2.54. The molecule has 2 saturated heterocycles. The molecule has 204 valence electrons. The number of amides is 4. The molecular weight excluding hydrogens is 499 g/mol. The monoisotopic (exact) mass is 531 g/mol. The van der Waals surface area contributed by atoms with E-state index in [-0.39, 0.29) is 62.7 Å². The van der Waals surface area contributed by atoms with E-state index < -0.39 is 23.3 Å². The Morgan fingerprint density at radius 1 is 1.03 bits per heavy atom. The summed E-state index contributed by atoms with van der Waals surface area (Å²) in [6.07, 6.45) is -3.28. The molecule has 0 bridgehead atoms. The van der Waals surface area contributed by atoms with Crippen molar-refractivity contribution >= 4 is 29.2 Å². The van der Waals surface area contributed by atoms with E-state index in [1.54, 1.807) is 0 Å². The molecule has 0 saturated carbocycles. The van der Waals surface area contributed by atoms with Crippen LogP contribution in [0, 0.1) is 0 Å². The molecule has 0 unspecified atom stereocenters. The summed E-state index contributed by atoms with van der Waals surface area (Å²) in [6, 6.07) is 13.6. The number of anilines is 2. The summed E-state index contributed by atoms with van der Waals surface area (Å²) in [4.78, 5) is 44.1. The van der Waals surface area contributed by atoms with Crippen LogP contribution in [0.5, 0.6) is 0 Å². The van der Waals surface area contributed by atoms with E-state index in [4.69, 9.17) is 0 Å². The van der Waals surface area contributed by atoms with Crippen molar-refractivity contribution in [3.8, 4) is 0 Å². The summed E-state index contributed by atoms with van der Waals surface area (Å²) in [7, 11) is 0. The number of halogens is 3. The number of alkyl halides is 3. The fraction of sp³-hybridized carbons (Fsp3) is 0.444.